The minimum absolute atomic E-state index is 0.00133. The Balaban J connectivity index is 1.40. The molecule has 8 heteroatoms. The quantitative estimate of drug-likeness (QED) is 0.343. The number of benzene rings is 1. The number of thioether (sulfide) groups is 1. The molecule has 2 aromatic heterocycles. The van der Waals surface area contributed by atoms with Gasteiger partial charge in [-0.1, -0.05) is 30.0 Å². The summed E-state index contributed by atoms with van der Waals surface area (Å²) in [6.07, 6.45) is 9.81. The van der Waals surface area contributed by atoms with E-state index in [1.165, 1.54) is 11.8 Å². The molecule has 0 bridgehead atoms. The van der Waals surface area contributed by atoms with Crippen LogP contribution in [0, 0.1) is 0 Å². The highest BCUT2D eigenvalue weighted by atomic mass is 32.2. The summed E-state index contributed by atoms with van der Waals surface area (Å²) in [6, 6.07) is 11.1. The molecule has 5 rings (SSSR count). The van der Waals surface area contributed by atoms with Crippen molar-refractivity contribution in [1.82, 2.24) is 14.5 Å². The van der Waals surface area contributed by atoms with Gasteiger partial charge in [0.15, 0.2) is 5.16 Å². The third-order valence-corrected chi connectivity index (χ3v) is 7.33. The molecule has 34 heavy (non-hydrogen) atoms. The molecule has 1 aliphatic carbocycles. The second kappa shape index (κ2) is 10.6. The number of allylic oxidation sites excluding steroid dienone is 2. The zero-order valence-electron chi connectivity index (χ0n) is 19.2. The van der Waals surface area contributed by atoms with Gasteiger partial charge < -0.3 is 14.1 Å². The van der Waals surface area contributed by atoms with E-state index in [2.05, 4.69) is 6.08 Å². The number of rotatable bonds is 8. The van der Waals surface area contributed by atoms with Gasteiger partial charge in [-0.05, 0) is 62.8 Å². The molecule has 1 fully saturated rings. The maximum Gasteiger partial charge on any atom is 0.262 e. The first-order valence-corrected chi connectivity index (χ1v) is 12.9. The van der Waals surface area contributed by atoms with E-state index in [0.29, 0.717) is 29.1 Å². The van der Waals surface area contributed by atoms with Crippen LogP contribution in [0.3, 0.4) is 0 Å². The van der Waals surface area contributed by atoms with E-state index in [4.69, 9.17) is 14.1 Å². The molecular weight excluding hydrogens is 450 g/mol. The molecular formula is C26H29N3O4S. The maximum atomic E-state index is 13.4. The zero-order chi connectivity index (χ0) is 23.3. The minimum atomic E-state index is -0.0847. The topological polar surface area (TPSA) is 77.6 Å². The first kappa shape index (κ1) is 22.9. The number of hydrogen-bond donors (Lipinski definition) is 0. The van der Waals surface area contributed by atoms with Crippen LogP contribution in [0.5, 0.6) is 0 Å². The number of amides is 1. The van der Waals surface area contributed by atoms with E-state index in [1.54, 1.807) is 16.9 Å². The fourth-order valence-electron chi connectivity index (χ4n) is 4.59. The predicted octanol–water partition coefficient (Wildman–Crippen LogP) is 4.75. The summed E-state index contributed by atoms with van der Waals surface area (Å²) in [5.41, 5.74) is 1.61. The van der Waals surface area contributed by atoms with Crippen LogP contribution in [0.25, 0.3) is 10.9 Å². The van der Waals surface area contributed by atoms with Crippen molar-refractivity contribution in [3.63, 3.8) is 0 Å². The molecule has 0 N–H and O–H groups in total. The van der Waals surface area contributed by atoms with Crippen LogP contribution in [0.4, 0.5) is 0 Å². The van der Waals surface area contributed by atoms with Crippen molar-refractivity contribution in [2.45, 2.75) is 62.9 Å². The van der Waals surface area contributed by atoms with Gasteiger partial charge in [0.1, 0.15) is 5.76 Å². The number of carbonyl (C=O) groups is 1. The first-order chi connectivity index (χ1) is 16.7. The third-order valence-electron chi connectivity index (χ3n) is 6.37. The second-order valence-electron chi connectivity index (χ2n) is 8.75. The fraction of sp³-hybridized carbons (Fsp3) is 0.423. The largest absolute Gasteiger partial charge is 0.467 e. The second-order valence-corrected chi connectivity index (χ2v) is 9.69. The standard InChI is InChI=1S/C26H29N3O4S/c30-24(28(16-20-10-6-14-32-20)19-8-2-1-3-9-19)18-34-26-27-23-13-5-4-12-22(23)25(31)29(26)17-21-11-7-15-33-21/h4-6,8,10,12-14,21H,1-3,7,9,11,15-18H2. The van der Waals surface area contributed by atoms with Gasteiger partial charge in [0.25, 0.3) is 5.56 Å². The Hall–Kier alpha value is -2.84. The summed E-state index contributed by atoms with van der Waals surface area (Å²) in [4.78, 5) is 33.3. The normalized spacial score (nSPS) is 18.2. The van der Waals surface area contributed by atoms with Crippen molar-refractivity contribution in [3.05, 3.63) is 70.5 Å². The van der Waals surface area contributed by atoms with E-state index in [-0.39, 0.29) is 23.3 Å². The molecule has 1 atom stereocenters. The van der Waals surface area contributed by atoms with Crippen molar-refractivity contribution in [2.75, 3.05) is 12.4 Å². The van der Waals surface area contributed by atoms with E-state index in [0.717, 1.165) is 56.6 Å². The average Bonchev–Trinajstić information content (AvgIpc) is 3.58. The van der Waals surface area contributed by atoms with Gasteiger partial charge in [0.05, 0.1) is 42.1 Å². The maximum absolute atomic E-state index is 13.4. The summed E-state index contributed by atoms with van der Waals surface area (Å²) in [5.74, 6) is 0.929. The van der Waals surface area contributed by atoms with Crippen molar-refractivity contribution in [3.8, 4) is 0 Å². The molecule has 3 heterocycles. The zero-order valence-corrected chi connectivity index (χ0v) is 20.0. The predicted molar refractivity (Wildman–Crippen MR) is 132 cm³/mol. The molecule has 0 saturated carbocycles. The lowest BCUT2D eigenvalue weighted by Gasteiger charge is -2.27. The van der Waals surface area contributed by atoms with Gasteiger partial charge in [0, 0.05) is 12.3 Å². The van der Waals surface area contributed by atoms with Crippen LogP contribution in [-0.4, -0.2) is 38.8 Å². The lowest BCUT2D eigenvalue weighted by atomic mass is 10.0. The number of para-hydroxylation sites is 1. The molecule has 0 spiro atoms. The van der Waals surface area contributed by atoms with Gasteiger partial charge in [-0.3, -0.25) is 14.2 Å². The van der Waals surface area contributed by atoms with Crippen LogP contribution in [0.1, 0.15) is 44.3 Å². The highest BCUT2D eigenvalue weighted by molar-refractivity contribution is 7.99. The molecule has 1 saturated heterocycles. The van der Waals surface area contributed by atoms with E-state index in [1.807, 2.05) is 35.2 Å². The van der Waals surface area contributed by atoms with Crippen molar-refractivity contribution < 1.29 is 13.9 Å². The van der Waals surface area contributed by atoms with Gasteiger partial charge in [-0.2, -0.15) is 0 Å². The van der Waals surface area contributed by atoms with Gasteiger partial charge >= 0.3 is 0 Å². The molecule has 3 aromatic rings. The molecule has 1 unspecified atom stereocenters. The van der Waals surface area contributed by atoms with Gasteiger partial charge in [-0.15, -0.1) is 0 Å². The number of aromatic nitrogens is 2. The summed E-state index contributed by atoms with van der Waals surface area (Å²) in [5, 5.41) is 1.14. The summed E-state index contributed by atoms with van der Waals surface area (Å²) < 4.78 is 13.0. The number of ether oxygens (including phenoxy) is 1. The Bertz CT molecular complexity index is 1230. The van der Waals surface area contributed by atoms with Gasteiger partial charge in [0.2, 0.25) is 5.91 Å². The minimum Gasteiger partial charge on any atom is -0.467 e. The highest BCUT2D eigenvalue weighted by Crippen LogP contribution is 2.26. The summed E-state index contributed by atoms with van der Waals surface area (Å²) >= 11 is 1.32. The smallest absolute Gasteiger partial charge is 0.262 e. The Labute approximate surface area is 202 Å². The first-order valence-electron chi connectivity index (χ1n) is 11.9. The number of fused-ring (bicyclic) bond motifs is 1. The van der Waals surface area contributed by atoms with Crippen LogP contribution in [0.2, 0.25) is 0 Å². The van der Waals surface area contributed by atoms with E-state index < -0.39 is 0 Å². The Morgan fingerprint density at radius 2 is 2.09 bits per heavy atom. The number of nitrogens with zero attached hydrogens (tertiary/aromatic N) is 3. The Morgan fingerprint density at radius 3 is 2.85 bits per heavy atom. The van der Waals surface area contributed by atoms with E-state index in [9.17, 15) is 9.59 Å². The number of hydrogen-bond acceptors (Lipinski definition) is 6. The molecule has 1 aliphatic heterocycles. The van der Waals surface area contributed by atoms with Gasteiger partial charge in [-0.25, -0.2) is 4.98 Å². The van der Waals surface area contributed by atoms with Crippen molar-refractivity contribution in [2.24, 2.45) is 0 Å². The van der Waals surface area contributed by atoms with Crippen LogP contribution >= 0.6 is 11.8 Å². The van der Waals surface area contributed by atoms with Crippen LogP contribution in [-0.2, 0) is 22.6 Å². The van der Waals surface area contributed by atoms with Crippen LogP contribution in [0.15, 0.2) is 68.8 Å². The summed E-state index contributed by atoms with van der Waals surface area (Å²) in [7, 11) is 0. The molecule has 0 radical (unpaired) electrons. The molecule has 2 aliphatic rings. The molecule has 178 valence electrons. The molecule has 1 aromatic carbocycles. The molecule has 1 amide bonds. The average molecular weight is 480 g/mol. The lowest BCUT2D eigenvalue weighted by molar-refractivity contribution is -0.127. The number of carbonyl (C=O) groups excluding carboxylic acids is 1. The Morgan fingerprint density at radius 1 is 1.18 bits per heavy atom. The molecule has 7 nitrogen and oxygen atoms in total. The Kier molecular flexibility index (Phi) is 7.16. The lowest BCUT2D eigenvalue weighted by Crippen LogP contribution is -2.33. The summed E-state index contributed by atoms with van der Waals surface area (Å²) in [6.45, 7) is 1.58. The van der Waals surface area contributed by atoms with E-state index >= 15 is 0 Å². The van der Waals surface area contributed by atoms with Crippen LogP contribution < -0.4 is 5.56 Å². The monoisotopic (exact) mass is 479 g/mol. The SMILES string of the molecule is O=C(CSc1nc2ccccc2c(=O)n1CC1CCCO1)N(Cc1ccco1)C1=CCCCC1. The fourth-order valence-corrected chi connectivity index (χ4v) is 5.47. The highest BCUT2D eigenvalue weighted by Gasteiger charge is 2.24. The van der Waals surface area contributed by atoms with Crippen molar-refractivity contribution in [1.29, 1.82) is 0 Å². The van der Waals surface area contributed by atoms with Crippen molar-refractivity contribution >= 4 is 28.6 Å². The number of furan rings is 1. The third kappa shape index (κ3) is 5.13.